The van der Waals surface area contributed by atoms with E-state index in [1.54, 1.807) is 32.2 Å². The van der Waals surface area contributed by atoms with Crippen LogP contribution in [0.4, 0.5) is 5.00 Å². The number of hydrogen-bond acceptors (Lipinski definition) is 8. The summed E-state index contributed by atoms with van der Waals surface area (Å²) in [6, 6.07) is 5.36. The number of nitrogens with one attached hydrogen (secondary N) is 1. The third kappa shape index (κ3) is 4.54. The molecule has 4 rings (SSSR count). The molecule has 0 radical (unpaired) electrons. The van der Waals surface area contributed by atoms with Crippen molar-refractivity contribution in [2.75, 3.05) is 18.5 Å². The van der Waals surface area contributed by atoms with E-state index in [9.17, 15) is 14.4 Å². The summed E-state index contributed by atoms with van der Waals surface area (Å²) >= 11 is 1.27. The largest absolute Gasteiger partial charge is 0.462 e. The van der Waals surface area contributed by atoms with Crippen LogP contribution in [-0.4, -0.2) is 45.8 Å². The Bertz CT molecular complexity index is 1150. The molecule has 1 fully saturated rings. The molecule has 9 nitrogen and oxygen atoms in total. The van der Waals surface area contributed by atoms with Crippen molar-refractivity contribution in [1.29, 1.82) is 0 Å². The summed E-state index contributed by atoms with van der Waals surface area (Å²) in [5.41, 5.74) is 2.08. The van der Waals surface area contributed by atoms with Crippen LogP contribution < -0.4 is 5.32 Å². The summed E-state index contributed by atoms with van der Waals surface area (Å²) in [5.74, 6) is -0.774. The molecule has 0 bridgehead atoms. The van der Waals surface area contributed by atoms with Crippen LogP contribution in [0.25, 0.3) is 5.82 Å². The molecule has 0 aromatic carbocycles. The molecular weight excluding hydrogens is 432 g/mol. The van der Waals surface area contributed by atoms with Crippen LogP contribution >= 0.6 is 11.3 Å². The Morgan fingerprint density at radius 3 is 2.72 bits per heavy atom. The molecule has 1 aliphatic carbocycles. The number of nitrogens with zero attached hydrogens (tertiary/aromatic N) is 3. The van der Waals surface area contributed by atoms with Gasteiger partial charge in [0, 0.05) is 6.20 Å². The van der Waals surface area contributed by atoms with E-state index in [2.05, 4.69) is 15.4 Å². The minimum Gasteiger partial charge on any atom is -0.462 e. The van der Waals surface area contributed by atoms with E-state index in [0.717, 1.165) is 18.4 Å². The lowest BCUT2D eigenvalue weighted by Gasteiger charge is -2.09. The van der Waals surface area contributed by atoms with E-state index in [-0.39, 0.29) is 12.2 Å². The Kier molecular flexibility index (Phi) is 6.31. The van der Waals surface area contributed by atoms with Gasteiger partial charge in [-0.25, -0.2) is 19.3 Å². The molecule has 0 spiro atoms. The minimum absolute atomic E-state index is 0.239. The van der Waals surface area contributed by atoms with Crippen molar-refractivity contribution in [3.05, 3.63) is 58.4 Å². The lowest BCUT2D eigenvalue weighted by Crippen LogP contribution is -2.22. The zero-order valence-corrected chi connectivity index (χ0v) is 18.5. The molecule has 1 aliphatic rings. The van der Waals surface area contributed by atoms with E-state index < -0.39 is 24.5 Å². The van der Waals surface area contributed by atoms with Gasteiger partial charge in [-0.3, -0.25) is 4.79 Å². The van der Waals surface area contributed by atoms with Gasteiger partial charge in [0.05, 0.1) is 24.1 Å². The van der Waals surface area contributed by atoms with Gasteiger partial charge in [0.25, 0.3) is 5.91 Å². The maximum atomic E-state index is 12.5. The number of rotatable bonds is 8. The highest BCUT2D eigenvalue weighted by atomic mass is 32.1. The normalized spacial score (nSPS) is 12.9. The van der Waals surface area contributed by atoms with Crippen molar-refractivity contribution < 1.29 is 23.9 Å². The zero-order valence-electron chi connectivity index (χ0n) is 17.7. The van der Waals surface area contributed by atoms with Crippen molar-refractivity contribution in [2.45, 2.75) is 32.6 Å². The zero-order chi connectivity index (χ0) is 22.7. The number of hydrogen-bond donors (Lipinski definition) is 1. The predicted octanol–water partition coefficient (Wildman–Crippen LogP) is 3.49. The molecular formula is C22H22N4O5S. The monoisotopic (exact) mass is 454 g/mol. The van der Waals surface area contributed by atoms with E-state index in [1.807, 2.05) is 11.4 Å². The van der Waals surface area contributed by atoms with Gasteiger partial charge in [-0.2, -0.15) is 5.10 Å². The van der Waals surface area contributed by atoms with Crippen LogP contribution in [0.3, 0.4) is 0 Å². The Morgan fingerprint density at radius 2 is 2.03 bits per heavy atom. The summed E-state index contributed by atoms with van der Waals surface area (Å²) in [6.45, 7) is 3.20. The van der Waals surface area contributed by atoms with Crippen molar-refractivity contribution in [3.63, 3.8) is 0 Å². The second kappa shape index (κ2) is 9.31. The molecule has 0 saturated heterocycles. The van der Waals surface area contributed by atoms with Crippen LogP contribution in [0.15, 0.2) is 36.0 Å². The second-order valence-corrected chi connectivity index (χ2v) is 8.14. The van der Waals surface area contributed by atoms with E-state index in [0.29, 0.717) is 28.0 Å². The van der Waals surface area contributed by atoms with Crippen molar-refractivity contribution >= 4 is 34.2 Å². The molecule has 1 N–H and O–H groups in total. The first-order chi connectivity index (χ1) is 15.5. The maximum absolute atomic E-state index is 12.5. The summed E-state index contributed by atoms with van der Waals surface area (Å²) in [4.78, 5) is 41.5. The van der Waals surface area contributed by atoms with Crippen LogP contribution in [0.2, 0.25) is 0 Å². The Balaban J connectivity index is 1.40. The maximum Gasteiger partial charge on any atom is 0.342 e. The van der Waals surface area contributed by atoms with Crippen molar-refractivity contribution in [2.24, 2.45) is 0 Å². The highest BCUT2D eigenvalue weighted by Crippen LogP contribution is 2.46. The average molecular weight is 455 g/mol. The first-order valence-electron chi connectivity index (χ1n) is 10.2. The molecule has 0 atom stereocenters. The number of anilines is 1. The molecule has 3 heterocycles. The average Bonchev–Trinajstić information content (AvgIpc) is 3.44. The fraction of sp³-hybridized carbons (Fsp3) is 0.318. The number of carbonyl (C=O) groups is 3. The number of ether oxygens (including phenoxy) is 2. The molecule has 1 saturated carbocycles. The quantitative estimate of drug-likeness (QED) is 0.519. The smallest absolute Gasteiger partial charge is 0.342 e. The molecule has 3 aromatic heterocycles. The SMILES string of the molecule is CCOC(=O)c1c(C2CC2)csc1NC(=O)COC(=O)c1cnn(-c2ccccn2)c1C. The summed E-state index contributed by atoms with van der Waals surface area (Å²) in [5, 5.41) is 9.14. The van der Waals surface area contributed by atoms with Gasteiger partial charge in [0.1, 0.15) is 10.6 Å². The third-order valence-electron chi connectivity index (χ3n) is 5.00. The fourth-order valence-corrected chi connectivity index (χ4v) is 4.31. The Hall–Kier alpha value is -3.53. The number of carbonyl (C=O) groups excluding carboxylic acids is 3. The number of amides is 1. The van der Waals surface area contributed by atoms with Gasteiger partial charge >= 0.3 is 11.9 Å². The van der Waals surface area contributed by atoms with Crippen molar-refractivity contribution in [3.8, 4) is 5.82 Å². The summed E-state index contributed by atoms with van der Waals surface area (Å²) in [6.07, 6.45) is 5.03. The van der Waals surface area contributed by atoms with Gasteiger partial charge in [-0.1, -0.05) is 6.07 Å². The van der Waals surface area contributed by atoms with Crippen LogP contribution in [0, 0.1) is 6.92 Å². The highest BCUT2D eigenvalue weighted by Gasteiger charge is 2.32. The Labute approximate surface area is 188 Å². The molecule has 0 unspecified atom stereocenters. The summed E-state index contributed by atoms with van der Waals surface area (Å²) < 4.78 is 11.8. The van der Waals surface area contributed by atoms with Crippen LogP contribution in [-0.2, 0) is 14.3 Å². The standard InChI is InChI=1S/C22H22N4O5S/c1-3-30-22(29)19-16(14-7-8-14)12-32-20(19)25-18(27)11-31-21(28)15-10-24-26(13(15)2)17-6-4-5-9-23-17/h4-6,9-10,12,14H,3,7-8,11H2,1-2H3,(H,25,27). The molecule has 10 heteroatoms. The van der Waals surface area contributed by atoms with E-state index >= 15 is 0 Å². The Morgan fingerprint density at radius 1 is 1.22 bits per heavy atom. The van der Waals surface area contributed by atoms with Gasteiger partial charge < -0.3 is 14.8 Å². The van der Waals surface area contributed by atoms with Gasteiger partial charge in [0.15, 0.2) is 12.4 Å². The third-order valence-corrected chi connectivity index (χ3v) is 5.91. The van der Waals surface area contributed by atoms with E-state index in [1.165, 1.54) is 22.2 Å². The molecule has 1 amide bonds. The second-order valence-electron chi connectivity index (χ2n) is 7.26. The number of pyridine rings is 1. The molecule has 166 valence electrons. The molecule has 32 heavy (non-hydrogen) atoms. The van der Waals surface area contributed by atoms with E-state index in [4.69, 9.17) is 9.47 Å². The lowest BCUT2D eigenvalue weighted by atomic mass is 10.1. The first-order valence-corrected chi connectivity index (χ1v) is 11.1. The predicted molar refractivity (Wildman–Crippen MR) is 117 cm³/mol. The van der Waals surface area contributed by atoms with Gasteiger partial charge in [-0.05, 0) is 55.7 Å². The highest BCUT2D eigenvalue weighted by molar-refractivity contribution is 7.15. The van der Waals surface area contributed by atoms with Crippen molar-refractivity contribution in [1.82, 2.24) is 14.8 Å². The molecule has 0 aliphatic heterocycles. The first kappa shape index (κ1) is 21.7. The topological polar surface area (TPSA) is 112 Å². The summed E-state index contributed by atoms with van der Waals surface area (Å²) in [7, 11) is 0. The molecule has 3 aromatic rings. The van der Waals surface area contributed by atoms with Crippen LogP contribution in [0.1, 0.15) is 57.7 Å². The number of thiophene rings is 1. The lowest BCUT2D eigenvalue weighted by molar-refractivity contribution is -0.119. The van der Waals surface area contributed by atoms with Gasteiger partial charge in [-0.15, -0.1) is 11.3 Å². The fourth-order valence-electron chi connectivity index (χ4n) is 3.26. The minimum atomic E-state index is -0.671. The number of esters is 2. The van der Waals surface area contributed by atoms with Crippen LogP contribution in [0.5, 0.6) is 0 Å². The number of aromatic nitrogens is 3. The van der Waals surface area contributed by atoms with Gasteiger partial charge in [0.2, 0.25) is 0 Å².